The monoisotopic (exact) mass is 1410 g/mol. The van der Waals surface area contributed by atoms with Gasteiger partial charge in [0.05, 0.1) is 0 Å². The first-order valence-electron chi connectivity index (χ1n) is 37.7. The van der Waals surface area contributed by atoms with Gasteiger partial charge in [-0.3, -0.25) is 0 Å². The van der Waals surface area contributed by atoms with Crippen LogP contribution in [0.4, 0.5) is 0 Å². The second-order valence-electron chi connectivity index (χ2n) is 29.7. The van der Waals surface area contributed by atoms with Crippen LogP contribution in [-0.4, -0.2) is 0 Å². The summed E-state index contributed by atoms with van der Waals surface area (Å²) in [6.07, 6.45) is 12.6. The molecular formula is C104H62O2S2. The summed E-state index contributed by atoms with van der Waals surface area (Å²) in [5.41, 5.74) is 19.8. The molecule has 0 saturated heterocycles. The third-order valence-electron chi connectivity index (χ3n) is 24.0. The van der Waals surface area contributed by atoms with Crippen LogP contribution >= 0.6 is 22.7 Å². The Bertz CT molecular complexity index is 7760. The van der Waals surface area contributed by atoms with Gasteiger partial charge in [0, 0.05) is 73.4 Å². The van der Waals surface area contributed by atoms with E-state index in [1.807, 2.05) is 22.7 Å². The maximum absolute atomic E-state index is 7.20. The van der Waals surface area contributed by atoms with Gasteiger partial charge >= 0.3 is 0 Å². The largest absolute Gasteiger partial charge is 0.460 e. The predicted octanol–water partition coefficient (Wildman–Crippen LogP) is 28.6. The van der Waals surface area contributed by atoms with Crippen molar-refractivity contribution in [2.24, 2.45) is 0 Å². The Hall–Kier alpha value is -13.0. The van der Waals surface area contributed by atoms with E-state index in [0.717, 1.165) is 75.0 Å². The van der Waals surface area contributed by atoms with E-state index in [2.05, 4.69) is 334 Å². The van der Waals surface area contributed by atoms with Gasteiger partial charge in [-0.05, 0) is 227 Å². The van der Waals surface area contributed by atoms with Crippen molar-refractivity contribution >= 4 is 178 Å². The van der Waals surface area contributed by atoms with Crippen LogP contribution in [0.25, 0.3) is 222 Å². The van der Waals surface area contributed by atoms with Gasteiger partial charge in [0.2, 0.25) is 0 Å². The molecule has 0 amide bonds. The Balaban J connectivity index is 0.670. The van der Waals surface area contributed by atoms with Crippen molar-refractivity contribution in [1.29, 1.82) is 0 Å². The molecular weight excluding hydrogens is 1350 g/mol. The Labute approximate surface area is 629 Å². The zero-order valence-electron chi connectivity index (χ0n) is 58.6. The SMILES string of the molecule is C1=C(c2cccc(-c3c4ccccc4c(-c4cccc5c(-c6cc7oc8cc9ccc%10c%11ccccc%11sc%10c9cc8c7cc6-c6cccc(-c7c8c(c(-c9cccc%10ccccc9%10)c9ccccc79)=CCCC=8)c6)cccc45)c4ccccc34)c2)C=C2Oc3c(ccc4ccc5c6ccccc6sc5c34)C2C1. The zero-order valence-corrected chi connectivity index (χ0v) is 60.2. The van der Waals surface area contributed by atoms with Crippen molar-refractivity contribution in [1.82, 2.24) is 0 Å². The van der Waals surface area contributed by atoms with Crippen LogP contribution in [0.1, 0.15) is 36.3 Å². The van der Waals surface area contributed by atoms with Crippen molar-refractivity contribution in [3.63, 3.8) is 0 Å². The Kier molecular flexibility index (Phi) is 13.0. The molecule has 2 aliphatic carbocycles. The van der Waals surface area contributed by atoms with Crippen LogP contribution in [-0.2, 0) is 0 Å². The van der Waals surface area contributed by atoms with Gasteiger partial charge in [0.1, 0.15) is 22.7 Å². The van der Waals surface area contributed by atoms with Gasteiger partial charge in [-0.25, -0.2) is 0 Å². The van der Waals surface area contributed by atoms with Gasteiger partial charge in [-0.15, -0.1) is 22.7 Å². The summed E-state index contributed by atoms with van der Waals surface area (Å²) in [4.78, 5) is 0. The highest BCUT2D eigenvalue weighted by Gasteiger charge is 2.34. The normalized spacial score (nSPS) is 14.2. The lowest BCUT2D eigenvalue weighted by molar-refractivity contribution is 0.430. The molecule has 0 saturated carbocycles. The standard InChI is InChI=1S/C104H62O2S2/c1-2-26-67-59(20-1)21-17-40-74(67)100-80-33-7-3-29-76(80)98(77-30-4-8-34-81(77)100)66-25-16-23-63(53-66)87-56-90-91-57-88-64(47-51-85-72-27-11-13-42-95(72)107-103(85)88)55-93(91)105-94(90)58-89(87)70-39-18-38-69-68(70)37-19-41-75(69)101-82-35-9-5-31-78(82)97(79-32-6-10-36-83(79)101)65-24-15-22-61(52-65)62-46-48-71-84-49-44-60-45-50-86-73-28-12-14-43-96(73)108-104(86)99(60)102(84)106-92(71)54-62/h1-3,5-7,9-47,49-58,71H,4,8,48H2. The molecule has 4 heterocycles. The van der Waals surface area contributed by atoms with Crippen molar-refractivity contribution in [2.75, 3.05) is 0 Å². The maximum Gasteiger partial charge on any atom is 0.140 e. The topological polar surface area (TPSA) is 22.4 Å². The molecule has 18 aromatic carbocycles. The minimum absolute atomic E-state index is 0.175. The first kappa shape index (κ1) is 60.3. The minimum atomic E-state index is 0.175. The van der Waals surface area contributed by atoms with Gasteiger partial charge in [-0.1, -0.05) is 279 Å². The summed E-state index contributed by atoms with van der Waals surface area (Å²) in [6, 6.07) is 116. The van der Waals surface area contributed by atoms with Gasteiger partial charge in [-0.2, -0.15) is 0 Å². The van der Waals surface area contributed by atoms with E-state index >= 15 is 0 Å². The Morgan fingerprint density at radius 2 is 0.796 bits per heavy atom. The van der Waals surface area contributed by atoms with E-state index in [9.17, 15) is 0 Å². The molecule has 24 rings (SSSR count). The van der Waals surface area contributed by atoms with E-state index < -0.39 is 0 Å². The highest BCUT2D eigenvalue weighted by molar-refractivity contribution is 7.27. The Morgan fingerprint density at radius 1 is 0.287 bits per heavy atom. The van der Waals surface area contributed by atoms with Crippen molar-refractivity contribution in [3.05, 3.63) is 349 Å². The van der Waals surface area contributed by atoms with Gasteiger partial charge in [0.25, 0.3) is 0 Å². The molecule has 0 bridgehead atoms. The van der Waals surface area contributed by atoms with Crippen LogP contribution in [0, 0.1) is 0 Å². The summed E-state index contributed by atoms with van der Waals surface area (Å²) in [6.45, 7) is 0. The molecule has 4 heteroatoms. The zero-order chi connectivity index (χ0) is 70.4. The molecule has 0 radical (unpaired) electrons. The lowest BCUT2D eigenvalue weighted by Crippen LogP contribution is -2.31. The van der Waals surface area contributed by atoms with E-state index in [1.54, 1.807) is 0 Å². The summed E-state index contributed by atoms with van der Waals surface area (Å²) in [7, 11) is 0. The van der Waals surface area contributed by atoms with Gasteiger partial charge in [0.15, 0.2) is 0 Å². The molecule has 0 spiro atoms. The molecule has 2 nitrogen and oxygen atoms in total. The van der Waals surface area contributed by atoms with Crippen LogP contribution in [0.2, 0.25) is 0 Å². The third kappa shape index (κ3) is 8.87. The number of thiophene rings is 2. The quantitative estimate of drug-likeness (QED) is 0.148. The molecule has 0 N–H and O–H groups in total. The number of hydrogen-bond acceptors (Lipinski definition) is 4. The smallest absolute Gasteiger partial charge is 0.140 e. The highest BCUT2D eigenvalue weighted by atomic mass is 32.1. The fraction of sp³-hybridized carbons (Fsp3) is 0.0385. The summed E-state index contributed by atoms with van der Waals surface area (Å²) < 4.78 is 19.5. The molecule has 108 heavy (non-hydrogen) atoms. The molecule has 3 aliphatic rings. The number of hydrogen-bond donors (Lipinski definition) is 0. The minimum Gasteiger partial charge on any atom is -0.460 e. The average molecular weight is 1410 g/mol. The number of furan rings is 1. The lowest BCUT2D eigenvalue weighted by Gasteiger charge is -2.21. The maximum atomic E-state index is 7.20. The molecule has 1 atom stereocenters. The number of rotatable bonds is 7. The highest BCUT2D eigenvalue weighted by Crippen LogP contribution is 2.55. The first-order valence-corrected chi connectivity index (χ1v) is 39.3. The molecule has 3 aromatic heterocycles. The molecule has 21 aromatic rings. The number of benzene rings is 18. The van der Waals surface area contributed by atoms with Gasteiger partial charge < -0.3 is 9.15 Å². The number of allylic oxidation sites excluding steroid dienone is 4. The summed E-state index contributed by atoms with van der Waals surface area (Å²) >= 11 is 3.76. The van der Waals surface area contributed by atoms with Crippen molar-refractivity contribution in [2.45, 2.75) is 25.2 Å². The van der Waals surface area contributed by atoms with Crippen molar-refractivity contribution in [3.8, 4) is 72.5 Å². The van der Waals surface area contributed by atoms with E-state index in [4.69, 9.17) is 9.15 Å². The average Bonchev–Trinajstić information content (AvgIpc) is 1.18. The second-order valence-corrected chi connectivity index (χ2v) is 31.8. The molecule has 0 fully saturated rings. The lowest BCUT2D eigenvalue weighted by atomic mass is 9.82. The second kappa shape index (κ2) is 23.3. The van der Waals surface area contributed by atoms with Crippen LogP contribution in [0.15, 0.2) is 332 Å². The third-order valence-corrected chi connectivity index (χ3v) is 26.4. The summed E-state index contributed by atoms with van der Waals surface area (Å²) in [5.74, 6) is 2.22. The molecule has 1 unspecified atom stereocenters. The molecule has 1 aliphatic heterocycles. The Morgan fingerprint density at radius 3 is 1.54 bits per heavy atom. The van der Waals surface area contributed by atoms with E-state index in [1.165, 1.54) is 187 Å². The summed E-state index contributed by atoms with van der Waals surface area (Å²) in [5, 5.41) is 27.2. The number of fused-ring (bicyclic) bond motifs is 23. The van der Waals surface area contributed by atoms with Crippen molar-refractivity contribution < 1.29 is 9.15 Å². The van der Waals surface area contributed by atoms with E-state index in [-0.39, 0.29) is 5.92 Å². The molecule has 502 valence electrons. The van der Waals surface area contributed by atoms with Crippen LogP contribution in [0.5, 0.6) is 5.75 Å². The predicted molar refractivity (Wildman–Crippen MR) is 463 cm³/mol. The van der Waals surface area contributed by atoms with Crippen LogP contribution < -0.4 is 15.2 Å². The fourth-order valence-electron chi connectivity index (χ4n) is 19.2. The van der Waals surface area contributed by atoms with Crippen LogP contribution in [0.3, 0.4) is 0 Å². The first-order chi connectivity index (χ1) is 53.5. The fourth-order valence-corrected chi connectivity index (χ4v) is 21.7. The number of ether oxygens (including phenoxy) is 1. The van der Waals surface area contributed by atoms with E-state index in [0.29, 0.717) is 0 Å².